The van der Waals surface area contributed by atoms with Crippen LogP contribution in [0.25, 0.3) is 11.1 Å². The van der Waals surface area contributed by atoms with Gasteiger partial charge in [0.15, 0.2) is 5.78 Å². The maximum atomic E-state index is 13.5. The number of alkyl halides is 3. The van der Waals surface area contributed by atoms with Gasteiger partial charge in [0.2, 0.25) is 5.91 Å². The summed E-state index contributed by atoms with van der Waals surface area (Å²) in [6.07, 6.45) is -1.76. The second-order valence-electron chi connectivity index (χ2n) is 9.19. The van der Waals surface area contributed by atoms with Crippen LogP contribution in [-0.2, 0) is 15.7 Å². The molecule has 0 bridgehead atoms. The number of anilines is 2. The second-order valence-corrected chi connectivity index (χ2v) is 9.19. The van der Waals surface area contributed by atoms with Crippen LogP contribution in [0, 0.1) is 6.92 Å². The van der Waals surface area contributed by atoms with E-state index in [1.807, 2.05) is 0 Å². The van der Waals surface area contributed by atoms with Gasteiger partial charge in [0.1, 0.15) is 11.9 Å². The lowest BCUT2D eigenvalue weighted by Crippen LogP contribution is -2.28. The molecule has 194 valence electrons. The third-order valence-corrected chi connectivity index (χ3v) is 4.98. The summed E-state index contributed by atoms with van der Waals surface area (Å²) in [4.78, 5) is 45.6. The maximum Gasteiger partial charge on any atom is 0.416 e. The average molecular weight is 515 g/mol. The van der Waals surface area contributed by atoms with E-state index >= 15 is 0 Å². The molecule has 0 fully saturated rings. The van der Waals surface area contributed by atoms with E-state index in [0.717, 1.165) is 6.07 Å². The summed E-state index contributed by atoms with van der Waals surface area (Å²) in [5, 5.41) is 4.68. The van der Waals surface area contributed by atoms with E-state index < -0.39 is 41.5 Å². The van der Waals surface area contributed by atoms with Gasteiger partial charge >= 0.3 is 12.3 Å². The summed E-state index contributed by atoms with van der Waals surface area (Å²) >= 11 is 0. The predicted molar refractivity (Wildman–Crippen MR) is 131 cm³/mol. The lowest BCUT2D eigenvalue weighted by atomic mass is 10.0. The van der Waals surface area contributed by atoms with Crippen molar-refractivity contribution in [2.24, 2.45) is 0 Å². The van der Waals surface area contributed by atoms with Crippen molar-refractivity contribution in [1.82, 2.24) is 9.97 Å². The first-order chi connectivity index (χ1) is 17.2. The van der Waals surface area contributed by atoms with E-state index in [9.17, 15) is 27.6 Å². The fraction of sp³-hybridized carbons (Fsp3) is 0.269. The molecule has 2 N–H and O–H groups in total. The summed E-state index contributed by atoms with van der Waals surface area (Å²) < 4.78 is 45.7. The highest BCUT2D eigenvalue weighted by Gasteiger charge is 2.34. The average Bonchev–Trinajstić information content (AvgIpc) is 2.79. The Balaban J connectivity index is 1.83. The van der Waals surface area contributed by atoms with Crippen LogP contribution in [-0.4, -0.2) is 33.4 Å². The number of carbonyl (C=O) groups excluding carboxylic acids is 3. The molecule has 3 rings (SSSR count). The first-order valence-electron chi connectivity index (χ1n) is 11.1. The number of carbonyl (C=O) groups is 3. The molecule has 0 spiro atoms. The molecule has 0 aliphatic heterocycles. The van der Waals surface area contributed by atoms with Crippen LogP contribution >= 0.6 is 0 Å². The highest BCUT2D eigenvalue weighted by Crippen LogP contribution is 2.37. The number of ether oxygens (including phenoxy) is 1. The van der Waals surface area contributed by atoms with E-state index in [2.05, 4.69) is 20.6 Å². The zero-order valence-electron chi connectivity index (χ0n) is 20.6. The molecule has 1 aromatic heterocycles. The van der Waals surface area contributed by atoms with Gasteiger partial charge in [-0.25, -0.2) is 14.8 Å². The zero-order chi connectivity index (χ0) is 27.4. The Kier molecular flexibility index (Phi) is 7.95. The minimum atomic E-state index is -4.70. The number of ketones is 1. The minimum Gasteiger partial charge on any atom is -0.444 e. The van der Waals surface area contributed by atoms with Crippen molar-refractivity contribution in [3.63, 3.8) is 0 Å². The molecular weight excluding hydrogens is 489 g/mol. The fourth-order valence-electron chi connectivity index (χ4n) is 3.40. The van der Waals surface area contributed by atoms with Gasteiger partial charge in [0, 0.05) is 23.5 Å². The number of hydrogen-bond acceptors (Lipinski definition) is 6. The van der Waals surface area contributed by atoms with Gasteiger partial charge in [-0.05, 0) is 57.0 Å². The standard InChI is InChI=1S/C26H25F3N4O4/c1-15-8-20(33-24(36)37-25(2,3)4)21(10-19(15)26(27,28)29)32-23(35)11-22(34)17-7-5-6-16(9-17)18-12-30-14-31-13-18/h5-10,12-14H,11H2,1-4H3,(H,32,35)(H,33,36). The van der Waals surface area contributed by atoms with Crippen LogP contribution in [0.1, 0.15) is 48.7 Å². The third kappa shape index (κ3) is 7.60. The number of nitrogens with zero attached hydrogens (tertiary/aromatic N) is 2. The van der Waals surface area contributed by atoms with Crippen LogP contribution in [0.2, 0.25) is 0 Å². The van der Waals surface area contributed by atoms with Crippen molar-refractivity contribution in [2.45, 2.75) is 45.9 Å². The number of aromatic nitrogens is 2. The molecule has 0 aliphatic carbocycles. The van der Waals surface area contributed by atoms with Crippen LogP contribution in [0.15, 0.2) is 55.1 Å². The van der Waals surface area contributed by atoms with Crippen molar-refractivity contribution in [2.75, 3.05) is 10.6 Å². The fourth-order valence-corrected chi connectivity index (χ4v) is 3.40. The molecule has 37 heavy (non-hydrogen) atoms. The summed E-state index contributed by atoms with van der Waals surface area (Å²) in [6.45, 7) is 6.10. The van der Waals surface area contributed by atoms with E-state index in [1.54, 1.807) is 51.4 Å². The van der Waals surface area contributed by atoms with Gasteiger partial charge in [0.05, 0.1) is 23.4 Å². The normalized spacial score (nSPS) is 11.5. The number of nitrogens with one attached hydrogen (secondary N) is 2. The molecule has 0 saturated carbocycles. The molecule has 0 saturated heterocycles. The number of amides is 2. The van der Waals surface area contributed by atoms with Crippen LogP contribution in [0.5, 0.6) is 0 Å². The largest absolute Gasteiger partial charge is 0.444 e. The Morgan fingerprint density at radius 2 is 1.57 bits per heavy atom. The summed E-state index contributed by atoms with van der Waals surface area (Å²) in [7, 11) is 0. The third-order valence-electron chi connectivity index (χ3n) is 4.98. The number of aryl methyl sites for hydroxylation is 1. The lowest BCUT2D eigenvalue weighted by Gasteiger charge is -2.21. The zero-order valence-corrected chi connectivity index (χ0v) is 20.6. The quantitative estimate of drug-likeness (QED) is 0.307. The van der Waals surface area contributed by atoms with Gasteiger partial charge in [-0.2, -0.15) is 13.2 Å². The number of Topliss-reactive ketones (excluding diaryl/α,β-unsaturated/α-hetero) is 1. The smallest absolute Gasteiger partial charge is 0.416 e. The monoisotopic (exact) mass is 514 g/mol. The summed E-state index contributed by atoms with van der Waals surface area (Å²) in [6, 6.07) is 8.25. The van der Waals surface area contributed by atoms with Crippen LogP contribution in [0.3, 0.4) is 0 Å². The highest BCUT2D eigenvalue weighted by atomic mass is 19.4. The Labute approximate surface area is 211 Å². The van der Waals surface area contributed by atoms with E-state index in [1.165, 1.54) is 19.3 Å². The maximum absolute atomic E-state index is 13.5. The number of halogens is 3. The molecular formula is C26H25F3N4O4. The topological polar surface area (TPSA) is 110 Å². The molecule has 0 unspecified atom stereocenters. The molecule has 0 radical (unpaired) electrons. The molecule has 1 heterocycles. The predicted octanol–water partition coefficient (Wildman–Crippen LogP) is 6.03. The lowest BCUT2D eigenvalue weighted by molar-refractivity contribution is -0.138. The van der Waals surface area contributed by atoms with E-state index in [-0.39, 0.29) is 22.5 Å². The first kappa shape index (κ1) is 27.3. The van der Waals surface area contributed by atoms with Gasteiger partial charge in [0.25, 0.3) is 0 Å². The van der Waals surface area contributed by atoms with Crippen LogP contribution in [0.4, 0.5) is 29.3 Å². The van der Waals surface area contributed by atoms with Crippen LogP contribution < -0.4 is 10.6 Å². The first-order valence-corrected chi connectivity index (χ1v) is 11.1. The Morgan fingerprint density at radius 3 is 2.19 bits per heavy atom. The van der Waals surface area contributed by atoms with Crippen molar-refractivity contribution < 1.29 is 32.3 Å². The molecule has 3 aromatic rings. The number of rotatable bonds is 6. The van der Waals surface area contributed by atoms with Gasteiger partial charge in [-0.1, -0.05) is 18.2 Å². The molecule has 0 atom stereocenters. The Bertz CT molecular complexity index is 1320. The van der Waals surface area contributed by atoms with Gasteiger partial charge in [-0.15, -0.1) is 0 Å². The van der Waals surface area contributed by atoms with Gasteiger partial charge in [-0.3, -0.25) is 14.9 Å². The minimum absolute atomic E-state index is 0.105. The van der Waals surface area contributed by atoms with Gasteiger partial charge < -0.3 is 10.1 Å². The molecule has 0 aliphatic rings. The Morgan fingerprint density at radius 1 is 0.919 bits per heavy atom. The molecule has 2 aromatic carbocycles. The number of hydrogen-bond donors (Lipinski definition) is 2. The van der Waals surface area contributed by atoms with E-state index in [4.69, 9.17) is 4.74 Å². The molecule has 2 amide bonds. The summed E-state index contributed by atoms with van der Waals surface area (Å²) in [5.74, 6) is -1.41. The van der Waals surface area contributed by atoms with E-state index in [0.29, 0.717) is 17.2 Å². The van der Waals surface area contributed by atoms with Crippen molar-refractivity contribution in [3.05, 3.63) is 71.8 Å². The summed E-state index contributed by atoms with van der Waals surface area (Å²) in [5.41, 5.74) is -0.910. The molecule has 8 nitrogen and oxygen atoms in total. The number of benzene rings is 2. The second kappa shape index (κ2) is 10.8. The highest BCUT2D eigenvalue weighted by molar-refractivity contribution is 6.12. The molecule has 11 heteroatoms. The van der Waals surface area contributed by atoms with Crippen molar-refractivity contribution >= 4 is 29.2 Å². The van der Waals surface area contributed by atoms with Crippen molar-refractivity contribution in [1.29, 1.82) is 0 Å². The van der Waals surface area contributed by atoms with Crippen molar-refractivity contribution in [3.8, 4) is 11.1 Å². The Hall–Kier alpha value is -4.28. The SMILES string of the molecule is Cc1cc(NC(=O)OC(C)(C)C)c(NC(=O)CC(=O)c2cccc(-c3cncnc3)c2)cc1C(F)(F)F.